The molecule has 0 spiro atoms. The molecule has 0 unspecified atom stereocenters. The first kappa shape index (κ1) is 30.6. The van der Waals surface area contributed by atoms with Crippen LogP contribution in [0.1, 0.15) is 33.6 Å². The summed E-state index contributed by atoms with van der Waals surface area (Å²) < 4.78 is 14.6. The Morgan fingerprint density at radius 3 is 1.37 bits per heavy atom. The molecule has 234 valence electrons. The first-order valence-electron chi connectivity index (χ1n) is 14.7. The summed E-state index contributed by atoms with van der Waals surface area (Å²) >= 11 is 0. The van der Waals surface area contributed by atoms with Gasteiger partial charge in [0.05, 0.1) is 64.3 Å². The van der Waals surface area contributed by atoms with Crippen LogP contribution in [-0.4, -0.2) is 64.4 Å². The highest BCUT2D eigenvalue weighted by molar-refractivity contribution is 5.82. The number of nitrogens with zero attached hydrogens (tertiary/aromatic N) is 8. The monoisotopic (exact) mass is 618 g/mol. The van der Waals surface area contributed by atoms with Crippen LogP contribution in [0.5, 0.6) is 11.8 Å². The van der Waals surface area contributed by atoms with Gasteiger partial charge < -0.3 is 19.7 Å². The van der Waals surface area contributed by atoms with E-state index in [-0.39, 0.29) is 13.2 Å². The zero-order valence-electron chi connectivity index (χ0n) is 26.0. The second-order valence-corrected chi connectivity index (χ2v) is 10.8. The maximum absolute atomic E-state index is 9.31. The third kappa shape index (κ3) is 6.08. The van der Waals surface area contributed by atoms with E-state index in [2.05, 4.69) is 58.7 Å². The van der Waals surface area contributed by atoms with Gasteiger partial charge in [-0.3, -0.25) is 0 Å². The van der Waals surface area contributed by atoms with Crippen LogP contribution in [-0.2, 0) is 26.3 Å². The highest BCUT2D eigenvalue weighted by atomic mass is 16.5. The van der Waals surface area contributed by atoms with Gasteiger partial charge in [0.25, 0.3) is 0 Å². The Hall–Kier alpha value is -5.46. The van der Waals surface area contributed by atoms with E-state index in [0.717, 1.165) is 55.9 Å². The Labute approximate surface area is 265 Å². The van der Waals surface area contributed by atoms with Crippen LogP contribution in [0, 0.1) is 13.8 Å². The summed E-state index contributed by atoms with van der Waals surface area (Å²) in [6.45, 7) is 4.71. The number of pyridine rings is 2. The molecule has 12 heteroatoms. The zero-order chi connectivity index (χ0) is 32.2. The lowest BCUT2D eigenvalue weighted by Gasteiger charge is -2.17. The van der Waals surface area contributed by atoms with Crippen LogP contribution in [0.3, 0.4) is 0 Å². The molecule has 0 fully saturated rings. The molecule has 0 bridgehead atoms. The summed E-state index contributed by atoms with van der Waals surface area (Å²) in [6, 6.07) is 20.4. The fourth-order valence-electron chi connectivity index (χ4n) is 5.57. The highest BCUT2D eigenvalue weighted by Gasteiger charge is 2.17. The molecule has 6 aromatic rings. The van der Waals surface area contributed by atoms with Crippen molar-refractivity contribution in [3.8, 4) is 45.4 Å². The molecular weight excluding hydrogens is 584 g/mol. The van der Waals surface area contributed by atoms with Crippen LogP contribution in [0.4, 0.5) is 0 Å². The van der Waals surface area contributed by atoms with E-state index in [1.165, 1.54) is 0 Å². The van der Waals surface area contributed by atoms with Crippen LogP contribution < -0.4 is 9.47 Å². The number of ether oxygens (including phenoxy) is 2. The van der Waals surface area contributed by atoms with Crippen LogP contribution in [0.25, 0.3) is 33.6 Å². The van der Waals surface area contributed by atoms with Gasteiger partial charge in [-0.25, -0.2) is 19.3 Å². The molecule has 0 saturated heterocycles. The number of aliphatic hydroxyl groups is 2. The number of hydrogen-bond acceptors (Lipinski definition) is 10. The Bertz CT molecular complexity index is 1860. The topological polar surface area (TPSA) is 146 Å². The maximum atomic E-state index is 9.31. The Morgan fingerprint density at radius 2 is 1.00 bits per heavy atom. The molecule has 0 atom stereocenters. The Morgan fingerprint density at radius 1 is 0.587 bits per heavy atom. The van der Waals surface area contributed by atoms with E-state index in [0.29, 0.717) is 36.2 Å². The van der Waals surface area contributed by atoms with E-state index >= 15 is 0 Å². The minimum Gasteiger partial charge on any atom is -0.481 e. The standard InChI is InChI=1S/C34H34N8O4/c1-21-27(7-5-9-29(21)31-13-11-23(33(35-31)45-3)15-41-17-25(19-43)37-39-41)28-8-6-10-30(22(28)2)32-14-12-24(34(36-32)46-4)16-42-18-26(20-44)38-40-42/h5-14,17-18,43-44H,15-16,19-20H2,1-4H3. The molecular formula is C34H34N8O4. The fourth-order valence-corrected chi connectivity index (χ4v) is 5.57. The predicted octanol–water partition coefficient (Wildman–Crippen LogP) is 4.38. The van der Waals surface area contributed by atoms with Gasteiger partial charge in [0, 0.05) is 22.3 Å². The first-order chi connectivity index (χ1) is 22.4. The molecule has 0 aliphatic heterocycles. The van der Waals surface area contributed by atoms with Crippen molar-refractivity contribution in [1.29, 1.82) is 0 Å². The Kier molecular flexibility index (Phi) is 8.81. The van der Waals surface area contributed by atoms with Gasteiger partial charge in [0.15, 0.2) is 0 Å². The number of methoxy groups -OCH3 is 2. The molecule has 6 rings (SSSR count). The number of aliphatic hydroxyl groups excluding tert-OH is 2. The molecule has 0 aliphatic carbocycles. The quantitative estimate of drug-likeness (QED) is 0.215. The average Bonchev–Trinajstić information content (AvgIpc) is 3.75. The fraction of sp³-hybridized carbons (Fsp3) is 0.235. The molecule has 0 saturated carbocycles. The Balaban J connectivity index is 1.31. The molecule has 0 radical (unpaired) electrons. The molecule has 0 aliphatic rings. The largest absolute Gasteiger partial charge is 0.481 e. The number of hydrogen-bond donors (Lipinski definition) is 2. The average molecular weight is 619 g/mol. The summed E-state index contributed by atoms with van der Waals surface area (Å²) in [6.07, 6.45) is 3.40. The number of benzene rings is 2. The SMILES string of the molecule is COc1nc(-c2cccc(-c3cccc(-c4ccc(Cn5cc(CO)nn5)c(OC)n4)c3C)c2C)ccc1Cn1cc(CO)nn1. The van der Waals surface area contributed by atoms with Gasteiger partial charge in [0.2, 0.25) is 11.8 Å². The molecule has 2 N–H and O–H groups in total. The van der Waals surface area contributed by atoms with Crippen molar-refractivity contribution < 1.29 is 19.7 Å². The van der Waals surface area contributed by atoms with Crippen molar-refractivity contribution in [1.82, 2.24) is 40.0 Å². The van der Waals surface area contributed by atoms with Gasteiger partial charge in [-0.05, 0) is 60.4 Å². The van der Waals surface area contributed by atoms with E-state index in [4.69, 9.17) is 19.4 Å². The lowest BCUT2D eigenvalue weighted by Crippen LogP contribution is -2.05. The predicted molar refractivity (Wildman–Crippen MR) is 171 cm³/mol. The smallest absolute Gasteiger partial charge is 0.218 e. The van der Waals surface area contributed by atoms with Crippen LogP contribution >= 0.6 is 0 Å². The summed E-state index contributed by atoms with van der Waals surface area (Å²) in [7, 11) is 3.21. The summed E-state index contributed by atoms with van der Waals surface area (Å²) in [5.41, 5.74) is 10.7. The zero-order valence-corrected chi connectivity index (χ0v) is 26.0. The van der Waals surface area contributed by atoms with Crippen molar-refractivity contribution in [2.75, 3.05) is 14.2 Å². The summed E-state index contributed by atoms with van der Waals surface area (Å²) in [5, 5.41) is 34.7. The molecule has 0 amide bonds. The van der Waals surface area contributed by atoms with Gasteiger partial charge in [-0.2, -0.15) is 0 Å². The maximum Gasteiger partial charge on any atom is 0.218 e. The summed E-state index contributed by atoms with van der Waals surface area (Å²) in [5.74, 6) is 1.00. The van der Waals surface area contributed by atoms with Crippen molar-refractivity contribution in [2.45, 2.75) is 40.2 Å². The summed E-state index contributed by atoms with van der Waals surface area (Å²) in [4.78, 5) is 9.70. The molecule has 46 heavy (non-hydrogen) atoms. The number of aromatic nitrogens is 8. The third-order valence-electron chi connectivity index (χ3n) is 7.94. The van der Waals surface area contributed by atoms with Gasteiger partial charge in [-0.15, -0.1) is 10.2 Å². The van der Waals surface area contributed by atoms with Gasteiger partial charge >= 0.3 is 0 Å². The van der Waals surface area contributed by atoms with Crippen molar-refractivity contribution in [3.63, 3.8) is 0 Å². The van der Waals surface area contributed by atoms with E-state index in [1.807, 2.05) is 36.4 Å². The minimum atomic E-state index is -0.165. The minimum absolute atomic E-state index is 0.165. The van der Waals surface area contributed by atoms with Crippen LogP contribution in [0.2, 0.25) is 0 Å². The van der Waals surface area contributed by atoms with Crippen molar-refractivity contribution in [3.05, 3.63) is 107 Å². The van der Waals surface area contributed by atoms with E-state index < -0.39 is 0 Å². The van der Waals surface area contributed by atoms with E-state index in [1.54, 1.807) is 36.0 Å². The van der Waals surface area contributed by atoms with Crippen LogP contribution in [0.15, 0.2) is 73.1 Å². The molecule has 12 nitrogen and oxygen atoms in total. The lowest BCUT2D eigenvalue weighted by atomic mass is 9.89. The first-order valence-corrected chi connectivity index (χ1v) is 14.7. The molecule has 4 aromatic heterocycles. The van der Waals surface area contributed by atoms with E-state index in [9.17, 15) is 10.2 Å². The normalized spacial score (nSPS) is 11.2. The third-order valence-corrected chi connectivity index (χ3v) is 7.94. The van der Waals surface area contributed by atoms with Crippen molar-refractivity contribution in [2.24, 2.45) is 0 Å². The lowest BCUT2D eigenvalue weighted by molar-refractivity contribution is 0.276. The molecule has 2 aromatic carbocycles. The van der Waals surface area contributed by atoms with Gasteiger partial charge in [0.1, 0.15) is 11.4 Å². The second kappa shape index (κ2) is 13.3. The number of rotatable bonds is 11. The second-order valence-electron chi connectivity index (χ2n) is 10.8. The van der Waals surface area contributed by atoms with Crippen molar-refractivity contribution >= 4 is 0 Å². The molecule has 4 heterocycles. The van der Waals surface area contributed by atoms with Gasteiger partial charge in [-0.1, -0.05) is 46.8 Å². The highest BCUT2D eigenvalue weighted by Crippen LogP contribution is 2.37.